The summed E-state index contributed by atoms with van der Waals surface area (Å²) in [5.74, 6) is -0.0265. The average Bonchev–Trinajstić information content (AvgIpc) is 2.30. The number of aromatic hydroxyl groups is 1. The van der Waals surface area contributed by atoms with Gasteiger partial charge in [-0.25, -0.2) is 0 Å². The fourth-order valence-corrected chi connectivity index (χ4v) is 1.58. The second-order valence-electron chi connectivity index (χ2n) is 3.78. The molecule has 0 amide bonds. The number of nitrogens with one attached hydrogen (secondary N) is 1. The molecular formula is C12H13N3O2. The molecule has 5 heteroatoms. The zero-order valence-corrected chi connectivity index (χ0v) is 9.40. The van der Waals surface area contributed by atoms with Crippen LogP contribution in [0.3, 0.4) is 0 Å². The van der Waals surface area contributed by atoms with Crippen LogP contribution in [-0.4, -0.2) is 15.1 Å². The molecule has 2 rings (SSSR count). The van der Waals surface area contributed by atoms with Gasteiger partial charge in [0, 0.05) is 0 Å². The van der Waals surface area contributed by atoms with E-state index in [2.05, 4.69) is 9.97 Å². The summed E-state index contributed by atoms with van der Waals surface area (Å²) in [6.07, 6.45) is 0. The first-order chi connectivity index (χ1) is 8.11. The summed E-state index contributed by atoms with van der Waals surface area (Å²) >= 11 is 0. The van der Waals surface area contributed by atoms with E-state index in [-0.39, 0.29) is 29.4 Å². The molecule has 0 aliphatic heterocycles. The van der Waals surface area contributed by atoms with Crippen LogP contribution < -0.4 is 11.3 Å². The number of benzene rings is 1. The number of hydrogen-bond donors (Lipinski definition) is 3. The summed E-state index contributed by atoms with van der Waals surface area (Å²) in [4.78, 5) is 18.1. The topological polar surface area (TPSA) is 92.0 Å². The van der Waals surface area contributed by atoms with Gasteiger partial charge in [0.15, 0.2) is 0 Å². The highest BCUT2D eigenvalue weighted by Crippen LogP contribution is 2.23. The molecule has 0 atom stereocenters. The summed E-state index contributed by atoms with van der Waals surface area (Å²) in [6.45, 7) is 2.03. The number of nitrogens with zero attached hydrogens (tertiary/aromatic N) is 1. The molecule has 88 valence electrons. The molecular weight excluding hydrogens is 218 g/mol. The van der Waals surface area contributed by atoms with Gasteiger partial charge in [-0.1, -0.05) is 29.8 Å². The highest BCUT2D eigenvalue weighted by molar-refractivity contribution is 5.67. The van der Waals surface area contributed by atoms with Crippen molar-refractivity contribution < 1.29 is 5.11 Å². The minimum Gasteiger partial charge on any atom is -0.493 e. The molecule has 0 bridgehead atoms. The first-order valence-electron chi connectivity index (χ1n) is 5.21. The van der Waals surface area contributed by atoms with Gasteiger partial charge in [-0.05, 0) is 12.5 Å². The number of H-pyrrole nitrogens is 1. The number of hydrogen-bond acceptors (Lipinski definition) is 4. The van der Waals surface area contributed by atoms with E-state index in [1.807, 2.05) is 19.1 Å². The van der Waals surface area contributed by atoms with Crippen LogP contribution in [0.25, 0.3) is 11.1 Å². The maximum Gasteiger partial charge on any atom is 0.262 e. The van der Waals surface area contributed by atoms with Gasteiger partial charge in [0.2, 0.25) is 5.88 Å². The molecule has 5 nitrogen and oxygen atoms in total. The lowest BCUT2D eigenvalue weighted by Crippen LogP contribution is -2.16. The van der Waals surface area contributed by atoms with Gasteiger partial charge in [-0.3, -0.25) is 4.79 Å². The fourth-order valence-electron chi connectivity index (χ4n) is 1.58. The molecule has 0 aliphatic carbocycles. The second kappa shape index (κ2) is 4.39. The lowest BCUT2D eigenvalue weighted by Gasteiger charge is -2.05. The lowest BCUT2D eigenvalue weighted by atomic mass is 10.1. The number of aryl methyl sites for hydroxylation is 1. The minimum atomic E-state index is -0.387. The smallest absolute Gasteiger partial charge is 0.262 e. The molecule has 1 aromatic carbocycles. The largest absolute Gasteiger partial charge is 0.493 e. The van der Waals surface area contributed by atoms with E-state index in [1.165, 1.54) is 0 Å². The Morgan fingerprint density at radius 3 is 2.53 bits per heavy atom. The van der Waals surface area contributed by atoms with Gasteiger partial charge < -0.3 is 15.8 Å². The van der Waals surface area contributed by atoms with Crippen LogP contribution in [0, 0.1) is 6.92 Å². The van der Waals surface area contributed by atoms with Crippen molar-refractivity contribution in [2.45, 2.75) is 13.5 Å². The minimum absolute atomic E-state index is 0.0803. The molecule has 0 saturated carbocycles. The molecule has 0 unspecified atom stereocenters. The molecule has 1 aromatic heterocycles. The third-order valence-corrected chi connectivity index (χ3v) is 2.48. The number of aromatic amines is 1. The van der Waals surface area contributed by atoms with E-state index >= 15 is 0 Å². The quantitative estimate of drug-likeness (QED) is 0.716. The van der Waals surface area contributed by atoms with Crippen LogP contribution in [0.4, 0.5) is 0 Å². The Hall–Kier alpha value is -2.14. The molecule has 0 saturated heterocycles. The zero-order chi connectivity index (χ0) is 12.4. The van der Waals surface area contributed by atoms with Crippen molar-refractivity contribution in [3.8, 4) is 17.0 Å². The van der Waals surface area contributed by atoms with Crippen molar-refractivity contribution in [1.82, 2.24) is 9.97 Å². The monoisotopic (exact) mass is 231 g/mol. The predicted octanol–water partition coefficient (Wildman–Crippen LogP) is 0.910. The van der Waals surface area contributed by atoms with Crippen LogP contribution in [0.1, 0.15) is 11.4 Å². The molecule has 17 heavy (non-hydrogen) atoms. The van der Waals surface area contributed by atoms with Crippen LogP contribution >= 0.6 is 0 Å². The van der Waals surface area contributed by atoms with E-state index in [4.69, 9.17) is 5.73 Å². The molecule has 2 aromatic rings. The van der Waals surface area contributed by atoms with Crippen molar-refractivity contribution in [2.24, 2.45) is 5.73 Å². The highest BCUT2D eigenvalue weighted by Gasteiger charge is 2.11. The van der Waals surface area contributed by atoms with Gasteiger partial charge in [-0.15, -0.1) is 0 Å². The maximum absolute atomic E-state index is 11.8. The Morgan fingerprint density at radius 1 is 1.35 bits per heavy atom. The molecule has 1 heterocycles. The van der Waals surface area contributed by atoms with Gasteiger partial charge in [0.25, 0.3) is 5.56 Å². The van der Waals surface area contributed by atoms with Crippen LogP contribution in [0.15, 0.2) is 29.1 Å². The fraction of sp³-hybridized carbons (Fsp3) is 0.167. The Bertz CT molecular complexity index is 588. The zero-order valence-electron chi connectivity index (χ0n) is 9.40. The molecule has 0 spiro atoms. The first kappa shape index (κ1) is 11.3. The summed E-state index contributed by atoms with van der Waals surface area (Å²) < 4.78 is 0. The molecule has 0 radical (unpaired) electrons. The summed E-state index contributed by atoms with van der Waals surface area (Å²) in [5, 5.41) is 9.74. The van der Waals surface area contributed by atoms with Crippen molar-refractivity contribution in [2.75, 3.05) is 0 Å². The van der Waals surface area contributed by atoms with Crippen molar-refractivity contribution in [3.63, 3.8) is 0 Å². The predicted molar refractivity (Wildman–Crippen MR) is 64.6 cm³/mol. The summed E-state index contributed by atoms with van der Waals surface area (Å²) in [6, 6.07) is 7.27. The summed E-state index contributed by atoms with van der Waals surface area (Å²) in [5.41, 5.74) is 6.84. The Kier molecular flexibility index (Phi) is 2.93. The second-order valence-corrected chi connectivity index (χ2v) is 3.78. The van der Waals surface area contributed by atoms with Crippen molar-refractivity contribution >= 4 is 0 Å². The van der Waals surface area contributed by atoms with Crippen LogP contribution in [0.2, 0.25) is 0 Å². The number of aromatic nitrogens is 2. The molecule has 0 aliphatic rings. The number of nitrogens with two attached hydrogens (primary N) is 1. The Balaban J connectivity index is 2.60. The van der Waals surface area contributed by atoms with Crippen LogP contribution in [0.5, 0.6) is 5.88 Å². The SMILES string of the molecule is Cc1ccc(-c2c(O)nc(CN)[nH]c2=O)cc1. The lowest BCUT2D eigenvalue weighted by molar-refractivity contribution is 0.450. The number of rotatable bonds is 2. The van der Waals surface area contributed by atoms with E-state index in [0.717, 1.165) is 5.56 Å². The van der Waals surface area contributed by atoms with Gasteiger partial charge in [-0.2, -0.15) is 4.98 Å². The van der Waals surface area contributed by atoms with E-state index < -0.39 is 0 Å². The van der Waals surface area contributed by atoms with Crippen LogP contribution in [-0.2, 0) is 6.54 Å². The molecule has 4 N–H and O–H groups in total. The van der Waals surface area contributed by atoms with E-state index in [0.29, 0.717) is 5.56 Å². The first-order valence-corrected chi connectivity index (χ1v) is 5.21. The van der Waals surface area contributed by atoms with Crippen molar-refractivity contribution in [1.29, 1.82) is 0 Å². The average molecular weight is 231 g/mol. The third kappa shape index (κ3) is 2.19. The van der Waals surface area contributed by atoms with E-state index in [1.54, 1.807) is 12.1 Å². The van der Waals surface area contributed by atoms with Gasteiger partial charge in [0.05, 0.1) is 6.54 Å². The highest BCUT2D eigenvalue weighted by atomic mass is 16.3. The standard InChI is InChI=1S/C12H13N3O2/c1-7-2-4-8(5-3-7)10-11(16)14-9(6-13)15-12(10)17/h2-5H,6,13H2,1H3,(H2,14,15,16,17). The summed E-state index contributed by atoms with van der Waals surface area (Å²) in [7, 11) is 0. The van der Waals surface area contributed by atoms with Crippen molar-refractivity contribution in [3.05, 3.63) is 46.0 Å². The Morgan fingerprint density at radius 2 is 2.00 bits per heavy atom. The third-order valence-electron chi connectivity index (χ3n) is 2.48. The van der Waals surface area contributed by atoms with Gasteiger partial charge >= 0.3 is 0 Å². The Labute approximate surface area is 98.0 Å². The van der Waals surface area contributed by atoms with E-state index in [9.17, 15) is 9.90 Å². The normalized spacial score (nSPS) is 10.5. The maximum atomic E-state index is 11.8. The van der Waals surface area contributed by atoms with Gasteiger partial charge in [0.1, 0.15) is 11.4 Å². The molecule has 0 fully saturated rings.